The van der Waals surface area contributed by atoms with Gasteiger partial charge in [0.15, 0.2) is 5.69 Å². The lowest BCUT2D eigenvalue weighted by molar-refractivity contribution is 0.0904. The fourth-order valence-electron chi connectivity index (χ4n) is 12.8. The van der Waals surface area contributed by atoms with E-state index >= 15 is 0 Å². The van der Waals surface area contributed by atoms with Crippen LogP contribution in [0.3, 0.4) is 0 Å². The van der Waals surface area contributed by atoms with Crippen LogP contribution in [0.25, 0.3) is 0 Å². The smallest absolute Gasteiger partial charge is 0.273 e. The molecule has 2 atom stereocenters. The molecule has 6 aliphatic rings. The van der Waals surface area contributed by atoms with Gasteiger partial charge in [-0.2, -0.15) is 10.2 Å². The van der Waals surface area contributed by atoms with E-state index in [1.165, 1.54) is 195 Å². The minimum absolute atomic E-state index is 0.0483. The number of carbonyl (C=O) groups excluding carboxylic acids is 2. The summed E-state index contributed by atoms with van der Waals surface area (Å²) in [5.41, 5.74) is 15.1. The first-order valence-corrected chi connectivity index (χ1v) is 29.0. The quantitative estimate of drug-likeness (QED) is 0.137. The van der Waals surface area contributed by atoms with Crippen molar-refractivity contribution in [2.75, 3.05) is 19.6 Å². The van der Waals surface area contributed by atoms with Crippen LogP contribution in [0.2, 0.25) is 0 Å². The second kappa shape index (κ2) is 28.5. The molecule has 384 valence electrons. The van der Waals surface area contributed by atoms with Gasteiger partial charge >= 0.3 is 0 Å². The van der Waals surface area contributed by atoms with Crippen LogP contribution in [-0.4, -0.2) is 55.2 Å². The van der Waals surface area contributed by atoms with Crippen molar-refractivity contribution in [3.05, 3.63) is 106 Å². The average molecular weight is 977 g/mol. The van der Waals surface area contributed by atoms with Crippen LogP contribution in [0.5, 0.6) is 0 Å². The molecule has 2 aromatic carbocycles. The maximum absolute atomic E-state index is 13.7. The van der Waals surface area contributed by atoms with Crippen LogP contribution in [-0.2, 0) is 25.7 Å². The number of fused-ring (bicyclic) bond motifs is 2. The van der Waals surface area contributed by atoms with E-state index in [1.807, 2.05) is 0 Å². The number of amides is 1. The van der Waals surface area contributed by atoms with E-state index in [0.717, 1.165) is 43.4 Å². The lowest BCUT2D eigenvalue weighted by atomic mass is 9.81. The second-order valence-electron chi connectivity index (χ2n) is 21.4. The lowest BCUT2D eigenvalue weighted by Gasteiger charge is -2.31. The Morgan fingerprint density at radius 3 is 1.40 bits per heavy atom. The standard InChI is InChI=1S/C27H37N3O.C14H19ClN2O.C13H19N.C6H15N/c31-27(28-25(20-12-4-1-5-13-20)21-14-6-2-7-15-21)26-23-18-10-11-19-24(23)30(29-26)22-16-8-3-9-17-22;15-14(18)13-11-8-4-5-9-12(11)17(16-13)10-6-2-1-3-7-10;14-13(11-7-3-1-4-8-11)12-9-5-2-6-10-12;1-4-7(5-2)6-3/h1,4-5,12-13,21-22,25H,2-3,6-11,14-19H2,(H,28,31);10H,1-9H2;1,3-4,7-8,12-13H,2,5-6,9-10,14H2;4-6H2,1-3H3. The van der Waals surface area contributed by atoms with Crippen molar-refractivity contribution in [2.24, 2.45) is 17.6 Å². The summed E-state index contributed by atoms with van der Waals surface area (Å²) in [6.45, 7) is 10.1. The molecule has 6 aliphatic carbocycles. The molecule has 2 aromatic heterocycles. The van der Waals surface area contributed by atoms with Crippen LogP contribution in [0, 0.1) is 11.8 Å². The van der Waals surface area contributed by atoms with Crippen molar-refractivity contribution in [3.63, 3.8) is 0 Å². The fourth-order valence-corrected chi connectivity index (χ4v) is 12.9. The monoisotopic (exact) mass is 976 g/mol. The van der Waals surface area contributed by atoms with Gasteiger partial charge in [0, 0.05) is 28.6 Å². The van der Waals surface area contributed by atoms with Crippen molar-refractivity contribution < 1.29 is 9.59 Å². The molecule has 4 saturated carbocycles. The number of carbonyl (C=O) groups is 2. The highest BCUT2D eigenvalue weighted by molar-refractivity contribution is 6.67. The molecular weight excluding hydrogens is 886 g/mol. The van der Waals surface area contributed by atoms with Gasteiger partial charge in [-0.1, -0.05) is 158 Å². The highest BCUT2D eigenvalue weighted by Crippen LogP contribution is 2.38. The van der Waals surface area contributed by atoms with Gasteiger partial charge in [-0.25, -0.2) is 0 Å². The van der Waals surface area contributed by atoms with Crippen LogP contribution < -0.4 is 11.1 Å². The molecule has 0 spiro atoms. The summed E-state index contributed by atoms with van der Waals surface area (Å²) in [5.74, 6) is 1.29. The van der Waals surface area contributed by atoms with Gasteiger partial charge in [0.2, 0.25) is 0 Å². The van der Waals surface area contributed by atoms with Gasteiger partial charge in [0.25, 0.3) is 11.1 Å². The molecule has 10 heteroatoms. The van der Waals surface area contributed by atoms with E-state index in [9.17, 15) is 9.59 Å². The first-order valence-electron chi connectivity index (χ1n) is 28.6. The van der Waals surface area contributed by atoms with Gasteiger partial charge in [-0.15, -0.1) is 0 Å². The van der Waals surface area contributed by atoms with E-state index in [1.54, 1.807) is 0 Å². The molecule has 4 aromatic rings. The lowest BCUT2D eigenvalue weighted by Crippen LogP contribution is -2.35. The zero-order valence-corrected chi connectivity index (χ0v) is 44.4. The molecule has 1 amide bonds. The van der Waals surface area contributed by atoms with Crippen LogP contribution >= 0.6 is 11.6 Å². The molecule has 10 rings (SSSR count). The normalized spacial score (nSPS) is 20.0. The van der Waals surface area contributed by atoms with Gasteiger partial charge in [0.05, 0.1) is 18.1 Å². The number of benzene rings is 2. The number of nitrogens with zero attached hydrogens (tertiary/aromatic N) is 5. The predicted molar refractivity (Wildman–Crippen MR) is 289 cm³/mol. The third kappa shape index (κ3) is 14.7. The topological polar surface area (TPSA) is 111 Å². The molecule has 0 aliphatic heterocycles. The Morgan fingerprint density at radius 1 is 0.557 bits per heavy atom. The summed E-state index contributed by atoms with van der Waals surface area (Å²) in [7, 11) is 0. The van der Waals surface area contributed by atoms with Crippen LogP contribution in [0.1, 0.15) is 254 Å². The van der Waals surface area contributed by atoms with Gasteiger partial charge in [-0.3, -0.25) is 19.0 Å². The highest BCUT2D eigenvalue weighted by Gasteiger charge is 2.33. The Labute approximate surface area is 427 Å². The van der Waals surface area contributed by atoms with Crippen LogP contribution in [0.4, 0.5) is 0 Å². The summed E-state index contributed by atoms with van der Waals surface area (Å²) in [6, 6.07) is 22.5. The average Bonchev–Trinajstić information content (AvgIpc) is 4.03. The molecular formula is C60H90ClN7O2. The number of nitrogens with two attached hydrogens (primary N) is 1. The Balaban J connectivity index is 0.000000156. The number of hydrogen-bond acceptors (Lipinski definition) is 6. The summed E-state index contributed by atoms with van der Waals surface area (Å²) < 4.78 is 4.42. The first-order chi connectivity index (χ1) is 34.3. The molecule has 0 radical (unpaired) electrons. The Kier molecular flexibility index (Phi) is 21.9. The molecule has 70 heavy (non-hydrogen) atoms. The number of aromatic nitrogens is 4. The molecule has 2 heterocycles. The van der Waals surface area contributed by atoms with Gasteiger partial charge in [-0.05, 0) is 157 Å². The first kappa shape index (κ1) is 54.0. The molecule has 3 N–H and O–H groups in total. The summed E-state index contributed by atoms with van der Waals surface area (Å²) in [5, 5.41) is 12.6. The third-order valence-corrected chi connectivity index (χ3v) is 17.1. The minimum Gasteiger partial charge on any atom is -0.344 e. The Morgan fingerprint density at radius 2 is 0.957 bits per heavy atom. The molecule has 0 bridgehead atoms. The predicted octanol–water partition coefficient (Wildman–Crippen LogP) is 14.6. The largest absolute Gasteiger partial charge is 0.344 e. The van der Waals surface area contributed by atoms with E-state index in [2.05, 4.69) is 106 Å². The van der Waals surface area contributed by atoms with Crippen molar-refractivity contribution >= 4 is 22.8 Å². The van der Waals surface area contributed by atoms with Crippen molar-refractivity contribution in [1.29, 1.82) is 0 Å². The minimum atomic E-state index is -0.386. The van der Waals surface area contributed by atoms with E-state index < -0.39 is 0 Å². The number of hydrogen-bond donors (Lipinski definition) is 2. The Hall–Kier alpha value is -3.79. The van der Waals surface area contributed by atoms with E-state index in [-0.39, 0.29) is 23.2 Å². The zero-order chi connectivity index (χ0) is 49.1. The van der Waals surface area contributed by atoms with Gasteiger partial charge < -0.3 is 16.0 Å². The summed E-state index contributed by atoms with van der Waals surface area (Å²) in [6.07, 6.45) is 34.6. The third-order valence-electron chi connectivity index (χ3n) is 16.9. The summed E-state index contributed by atoms with van der Waals surface area (Å²) in [4.78, 5) is 27.5. The molecule has 4 fully saturated rings. The molecule has 0 saturated heterocycles. The summed E-state index contributed by atoms with van der Waals surface area (Å²) >= 11 is 5.68. The van der Waals surface area contributed by atoms with Crippen LogP contribution in [0.15, 0.2) is 60.7 Å². The molecule has 2 unspecified atom stereocenters. The van der Waals surface area contributed by atoms with Crippen molar-refractivity contribution in [3.8, 4) is 0 Å². The number of nitrogens with one attached hydrogen (secondary N) is 1. The van der Waals surface area contributed by atoms with E-state index in [0.29, 0.717) is 29.6 Å². The number of rotatable bonds is 12. The molecule has 9 nitrogen and oxygen atoms in total. The fraction of sp³-hybridized carbons (Fsp3) is 0.667. The maximum atomic E-state index is 13.7. The van der Waals surface area contributed by atoms with Gasteiger partial charge in [0.1, 0.15) is 5.69 Å². The highest BCUT2D eigenvalue weighted by atomic mass is 35.5. The SMILES string of the molecule is CCN(CC)CC.NC(c1ccccc1)C1CCCCC1.O=C(Cl)c1nn(C2CCCCC2)c2c1CCCC2.O=C(NC(c1ccccc1)C1CCCCC1)c1nn(C2CCCCC2)c2c1CCCC2. The van der Waals surface area contributed by atoms with Crippen molar-refractivity contribution in [1.82, 2.24) is 29.8 Å². The van der Waals surface area contributed by atoms with E-state index in [4.69, 9.17) is 22.4 Å². The van der Waals surface area contributed by atoms with Crippen molar-refractivity contribution in [2.45, 2.75) is 225 Å². The second-order valence-corrected chi connectivity index (χ2v) is 21.8. The zero-order valence-electron chi connectivity index (χ0n) is 43.7. The Bertz CT molecular complexity index is 2140. The number of halogens is 1. The maximum Gasteiger partial charge on any atom is 0.273 e.